The van der Waals surface area contributed by atoms with Crippen LogP contribution in [0.1, 0.15) is 58.9 Å². The van der Waals surface area contributed by atoms with Gasteiger partial charge in [-0.05, 0) is 30.9 Å². The predicted octanol–water partition coefficient (Wildman–Crippen LogP) is 5.41. The fraction of sp³-hybridized carbons (Fsp3) is 0.476. The van der Waals surface area contributed by atoms with E-state index in [4.69, 9.17) is 9.47 Å². The monoisotopic (exact) mass is 344 g/mol. The summed E-state index contributed by atoms with van der Waals surface area (Å²) in [5, 5.41) is 11.8. The molecular weight excluding hydrogens is 316 g/mol. The molecule has 0 aliphatic rings. The summed E-state index contributed by atoms with van der Waals surface area (Å²) in [6.07, 6.45) is 1.69. The maximum absolute atomic E-state index is 12.4. The van der Waals surface area contributed by atoms with E-state index in [9.17, 15) is 9.90 Å². The largest absolute Gasteiger partial charge is 0.507 e. The molecule has 0 aliphatic carbocycles. The van der Waals surface area contributed by atoms with Crippen molar-refractivity contribution in [2.75, 3.05) is 6.61 Å². The minimum Gasteiger partial charge on any atom is -0.507 e. The molecule has 25 heavy (non-hydrogen) atoms. The zero-order valence-electron chi connectivity index (χ0n) is 15.8. The topological polar surface area (TPSA) is 55.8 Å². The lowest BCUT2D eigenvalue weighted by atomic mass is 9.98. The number of carbonyl (C=O) groups excluding carboxylic acids is 1. The number of carbonyl (C=O) groups is 1. The van der Waals surface area contributed by atoms with E-state index in [-0.39, 0.29) is 17.6 Å². The van der Waals surface area contributed by atoms with Gasteiger partial charge in [-0.3, -0.25) is 4.79 Å². The first-order valence-electron chi connectivity index (χ1n) is 9.03. The van der Waals surface area contributed by atoms with Gasteiger partial charge in [0, 0.05) is 16.8 Å². The van der Waals surface area contributed by atoms with Gasteiger partial charge in [0.2, 0.25) is 0 Å². The highest BCUT2D eigenvalue weighted by Gasteiger charge is 2.21. The van der Waals surface area contributed by atoms with Gasteiger partial charge in [-0.25, -0.2) is 0 Å². The molecule has 0 fully saturated rings. The van der Waals surface area contributed by atoms with Gasteiger partial charge in [0.05, 0.1) is 12.5 Å². The maximum atomic E-state index is 12.4. The Hall–Kier alpha value is -2.23. The molecular formula is C21H28O4. The van der Waals surface area contributed by atoms with Crippen molar-refractivity contribution in [1.82, 2.24) is 0 Å². The molecule has 0 bridgehead atoms. The summed E-state index contributed by atoms with van der Waals surface area (Å²) in [6, 6.07) is 7.36. The molecule has 1 N–H and O–H groups in total. The van der Waals surface area contributed by atoms with Crippen LogP contribution in [0.4, 0.5) is 0 Å². The van der Waals surface area contributed by atoms with Crippen molar-refractivity contribution in [2.45, 2.75) is 53.4 Å². The Balaban J connectivity index is 2.56. The van der Waals surface area contributed by atoms with Crippen LogP contribution in [0.25, 0.3) is 10.8 Å². The summed E-state index contributed by atoms with van der Waals surface area (Å²) in [5.41, 5.74) is 1.11. The Morgan fingerprint density at radius 2 is 1.84 bits per heavy atom. The molecule has 1 atom stereocenters. The number of esters is 1. The van der Waals surface area contributed by atoms with Crippen LogP contribution in [0.5, 0.6) is 17.2 Å². The highest BCUT2D eigenvalue weighted by atomic mass is 16.6. The Bertz CT molecular complexity index is 749. The van der Waals surface area contributed by atoms with Crippen LogP contribution >= 0.6 is 0 Å². The van der Waals surface area contributed by atoms with Crippen LogP contribution < -0.4 is 9.47 Å². The molecule has 4 heteroatoms. The standard InChI is InChI=1S/C21H28O4/c1-6-8-14(5)21(23)25-20-16-10-9-15(13(3)4)11-17(16)18(22)12-19(20)24-7-2/h9-14,22H,6-8H2,1-5H3. The molecule has 0 aliphatic heterocycles. The number of fused-ring (bicyclic) bond motifs is 1. The van der Waals surface area contributed by atoms with Crippen LogP contribution in [-0.2, 0) is 4.79 Å². The molecule has 2 aromatic carbocycles. The molecule has 0 heterocycles. The molecule has 4 nitrogen and oxygen atoms in total. The Labute approximate surface area is 149 Å². The van der Waals surface area contributed by atoms with E-state index >= 15 is 0 Å². The van der Waals surface area contributed by atoms with E-state index in [1.807, 2.05) is 39.0 Å². The van der Waals surface area contributed by atoms with Gasteiger partial charge in [0.25, 0.3) is 0 Å². The van der Waals surface area contributed by atoms with Gasteiger partial charge in [-0.1, -0.05) is 46.2 Å². The molecule has 0 saturated heterocycles. The summed E-state index contributed by atoms with van der Waals surface area (Å²) < 4.78 is 11.3. The Kier molecular flexibility index (Phi) is 6.29. The number of hydrogen-bond acceptors (Lipinski definition) is 4. The number of ether oxygens (including phenoxy) is 2. The third-order valence-corrected chi connectivity index (χ3v) is 4.35. The fourth-order valence-electron chi connectivity index (χ4n) is 2.85. The van der Waals surface area contributed by atoms with Crippen LogP contribution in [-0.4, -0.2) is 17.7 Å². The third-order valence-electron chi connectivity index (χ3n) is 4.35. The zero-order valence-corrected chi connectivity index (χ0v) is 15.8. The molecule has 0 spiro atoms. The summed E-state index contributed by atoms with van der Waals surface area (Å²) in [7, 11) is 0. The average molecular weight is 344 g/mol. The van der Waals surface area contributed by atoms with Gasteiger partial charge in [0.15, 0.2) is 11.5 Å². The van der Waals surface area contributed by atoms with Crippen molar-refractivity contribution in [1.29, 1.82) is 0 Å². The highest BCUT2D eigenvalue weighted by Crippen LogP contribution is 2.42. The summed E-state index contributed by atoms with van der Waals surface area (Å²) in [6.45, 7) is 10.4. The number of aromatic hydroxyl groups is 1. The first-order valence-corrected chi connectivity index (χ1v) is 9.03. The lowest BCUT2D eigenvalue weighted by molar-refractivity contribution is -0.138. The van der Waals surface area contributed by atoms with Crippen molar-refractivity contribution >= 4 is 16.7 Å². The second-order valence-corrected chi connectivity index (χ2v) is 6.73. The molecule has 0 saturated carbocycles. The van der Waals surface area contributed by atoms with Crippen molar-refractivity contribution in [3.8, 4) is 17.2 Å². The molecule has 2 rings (SSSR count). The van der Waals surface area contributed by atoms with Crippen LogP contribution in [0.3, 0.4) is 0 Å². The molecule has 0 amide bonds. The van der Waals surface area contributed by atoms with Gasteiger partial charge >= 0.3 is 5.97 Å². The quantitative estimate of drug-likeness (QED) is 0.539. The summed E-state index contributed by atoms with van der Waals surface area (Å²) in [5.74, 6) is 0.786. The minimum atomic E-state index is -0.275. The van der Waals surface area contributed by atoms with Gasteiger partial charge in [0.1, 0.15) is 5.75 Å². The summed E-state index contributed by atoms with van der Waals surface area (Å²) >= 11 is 0. The SMILES string of the molecule is CCCC(C)C(=O)Oc1c(OCC)cc(O)c2cc(C(C)C)ccc12. The predicted molar refractivity (Wildman–Crippen MR) is 101 cm³/mol. The van der Waals surface area contributed by atoms with Crippen molar-refractivity contribution in [2.24, 2.45) is 5.92 Å². The van der Waals surface area contributed by atoms with E-state index in [1.54, 1.807) is 0 Å². The number of phenols is 1. The third kappa shape index (κ3) is 4.25. The first kappa shape index (κ1) is 19.1. The lowest BCUT2D eigenvalue weighted by Crippen LogP contribution is -2.18. The molecule has 0 aromatic heterocycles. The van der Waals surface area contributed by atoms with Crippen molar-refractivity contribution in [3.05, 3.63) is 29.8 Å². The van der Waals surface area contributed by atoms with Crippen LogP contribution in [0.2, 0.25) is 0 Å². The van der Waals surface area contributed by atoms with E-state index in [1.165, 1.54) is 6.07 Å². The number of rotatable bonds is 7. The van der Waals surface area contributed by atoms with Crippen molar-refractivity contribution in [3.63, 3.8) is 0 Å². The molecule has 2 aromatic rings. The Morgan fingerprint density at radius 3 is 2.44 bits per heavy atom. The highest BCUT2D eigenvalue weighted by molar-refractivity contribution is 5.97. The first-order chi connectivity index (χ1) is 11.9. The van der Waals surface area contributed by atoms with E-state index in [0.717, 1.165) is 18.4 Å². The normalized spacial score (nSPS) is 12.4. The Morgan fingerprint density at radius 1 is 1.12 bits per heavy atom. The summed E-state index contributed by atoms with van der Waals surface area (Å²) in [4.78, 5) is 12.4. The number of benzene rings is 2. The second-order valence-electron chi connectivity index (χ2n) is 6.73. The maximum Gasteiger partial charge on any atom is 0.314 e. The number of phenolic OH excluding ortho intramolecular Hbond substituents is 1. The lowest BCUT2D eigenvalue weighted by Gasteiger charge is -2.17. The average Bonchev–Trinajstić information content (AvgIpc) is 2.58. The van der Waals surface area contributed by atoms with E-state index in [2.05, 4.69) is 13.8 Å². The molecule has 1 unspecified atom stereocenters. The van der Waals surface area contributed by atoms with Crippen LogP contribution in [0, 0.1) is 5.92 Å². The zero-order chi connectivity index (χ0) is 18.6. The fourth-order valence-corrected chi connectivity index (χ4v) is 2.85. The minimum absolute atomic E-state index is 0.127. The smallest absolute Gasteiger partial charge is 0.314 e. The van der Waals surface area contributed by atoms with Gasteiger partial charge < -0.3 is 14.6 Å². The number of hydrogen-bond donors (Lipinski definition) is 1. The van der Waals surface area contributed by atoms with E-state index in [0.29, 0.717) is 34.8 Å². The van der Waals surface area contributed by atoms with Gasteiger partial charge in [-0.15, -0.1) is 0 Å². The molecule has 0 radical (unpaired) electrons. The van der Waals surface area contributed by atoms with Gasteiger partial charge in [-0.2, -0.15) is 0 Å². The van der Waals surface area contributed by atoms with Crippen molar-refractivity contribution < 1.29 is 19.4 Å². The molecule has 136 valence electrons. The van der Waals surface area contributed by atoms with E-state index < -0.39 is 0 Å². The second kappa shape index (κ2) is 8.24. The van der Waals surface area contributed by atoms with Crippen LogP contribution in [0.15, 0.2) is 24.3 Å².